The zero-order valence-electron chi connectivity index (χ0n) is 18.2. The molecule has 1 N–H and O–H groups in total. The monoisotopic (exact) mass is 443 g/mol. The van der Waals surface area contributed by atoms with Crippen molar-refractivity contribution >= 4 is 11.9 Å². The Kier molecular flexibility index (Phi) is 8.85. The first-order valence-corrected chi connectivity index (χ1v) is 10.6. The Morgan fingerprint density at radius 3 is 2.23 bits per heavy atom. The van der Waals surface area contributed by atoms with Crippen molar-refractivity contribution in [2.24, 2.45) is 11.3 Å². The van der Waals surface area contributed by atoms with Crippen LogP contribution in [0.25, 0.3) is 0 Å². The summed E-state index contributed by atoms with van der Waals surface area (Å²) in [6.45, 7) is 3.44. The van der Waals surface area contributed by atoms with E-state index in [0.717, 1.165) is 13.0 Å². The predicted molar refractivity (Wildman–Crippen MR) is 110 cm³/mol. The lowest BCUT2D eigenvalue weighted by atomic mass is 9.65. The number of carbonyl (C=O) groups is 2. The molecule has 31 heavy (non-hydrogen) atoms. The van der Waals surface area contributed by atoms with Crippen LogP contribution in [0.5, 0.6) is 0 Å². The van der Waals surface area contributed by atoms with Gasteiger partial charge in [-0.3, -0.25) is 14.7 Å². The van der Waals surface area contributed by atoms with Crippen LogP contribution >= 0.6 is 0 Å². The number of carboxylic acid groups (broad SMARTS) is 1. The quantitative estimate of drug-likeness (QED) is 0.763. The van der Waals surface area contributed by atoms with Crippen molar-refractivity contribution in [2.75, 3.05) is 27.2 Å². The summed E-state index contributed by atoms with van der Waals surface area (Å²) in [5, 5.41) is 7.12. The van der Waals surface area contributed by atoms with Crippen molar-refractivity contribution in [2.45, 2.75) is 57.7 Å². The molecule has 1 aliphatic heterocycles. The summed E-state index contributed by atoms with van der Waals surface area (Å²) in [6, 6.07) is 4.20. The third kappa shape index (κ3) is 8.12. The molecule has 1 saturated carbocycles. The molecule has 2 heterocycles. The molecule has 1 aromatic heterocycles. The number of halogens is 3. The van der Waals surface area contributed by atoms with E-state index in [0.29, 0.717) is 17.2 Å². The van der Waals surface area contributed by atoms with Crippen LogP contribution in [0.3, 0.4) is 0 Å². The summed E-state index contributed by atoms with van der Waals surface area (Å²) in [4.78, 5) is 29.3. The maximum absolute atomic E-state index is 11.9. The Bertz CT molecular complexity index is 708. The standard InChI is InChI=1S/C20H31N3O.C2HF3O2/c1-22(2)19(24)14-17-5-7-20(8-6-17)9-12-23(13-10-20)16-18-4-3-11-21-15-18;3-2(4,5)1(6)7/h3-4,11,15,17H,5-10,12-14,16H2,1-2H3;(H,6,7). The molecule has 1 saturated heterocycles. The zero-order chi connectivity index (χ0) is 23.1. The van der Waals surface area contributed by atoms with Gasteiger partial charge in [0, 0.05) is 39.5 Å². The van der Waals surface area contributed by atoms with E-state index in [1.165, 1.54) is 57.2 Å². The number of nitrogens with zero attached hydrogens (tertiary/aromatic N) is 3. The molecule has 0 atom stereocenters. The Balaban J connectivity index is 0.000000423. The predicted octanol–water partition coefficient (Wildman–Crippen LogP) is 3.97. The van der Waals surface area contributed by atoms with E-state index in [-0.39, 0.29) is 0 Å². The number of hydrogen-bond donors (Lipinski definition) is 1. The molecule has 2 fully saturated rings. The molecule has 0 radical (unpaired) electrons. The summed E-state index contributed by atoms with van der Waals surface area (Å²) in [5.41, 5.74) is 1.88. The Morgan fingerprint density at radius 1 is 1.19 bits per heavy atom. The fourth-order valence-corrected chi connectivity index (χ4v) is 4.36. The number of rotatable bonds is 4. The van der Waals surface area contributed by atoms with Gasteiger partial charge in [0.1, 0.15) is 0 Å². The van der Waals surface area contributed by atoms with E-state index < -0.39 is 12.1 Å². The maximum Gasteiger partial charge on any atom is 0.490 e. The number of pyridine rings is 1. The van der Waals surface area contributed by atoms with Crippen molar-refractivity contribution in [3.63, 3.8) is 0 Å². The number of aliphatic carboxylic acids is 1. The largest absolute Gasteiger partial charge is 0.490 e. The first-order chi connectivity index (χ1) is 14.5. The fraction of sp³-hybridized carbons (Fsp3) is 0.682. The van der Waals surface area contributed by atoms with Crippen molar-refractivity contribution in [1.82, 2.24) is 14.8 Å². The first-order valence-electron chi connectivity index (χ1n) is 10.6. The van der Waals surface area contributed by atoms with Gasteiger partial charge in [0.05, 0.1) is 0 Å². The number of carboxylic acids is 1. The van der Waals surface area contributed by atoms with E-state index in [4.69, 9.17) is 9.90 Å². The number of alkyl halides is 3. The average molecular weight is 444 g/mol. The van der Waals surface area contributed by atoms with E-state index in [1.54, 1.807) is 4.90 Å². The van der Waals surface area contributed by atoms with Crippen LogP contribution in [-0.4, -0.2) is 65.1 Å². The second-order valence-electron chi connectivity index (χ2n) is 8.88. The minimum atomic E-state index is -5.08. The van der Waals surface area contributed by atoms with Gasteiger partial charge in [-0.05, 0) is 74.6 Å². The number of carbonyl (C=O) groups excluding carboxylic acids is 1. The lowest BCUT2D eigenvalue weighted by Gasteiger charge is -2.46. The highest BCUT2D eigenvalue weighted by molar-refractivity contribution is 5.75. The Labute approximate surface area is 181 Å². The lowest BCUT2D eigenvalue weighted by Crippen LogP contribution is -2.42. The number of aromatic nitrogens is 1. The van der Waals surface area contributed by atoms with Gasteiger partial charge in [-0.25, -0.2) is 4.79 Å². The molecule has 174 valence electrons. The molecule has 1 aliphatic carbocycles. The van der Waals surface area contributed by atoms with Crippen molar-refractivity contribution < 1.29 is 27.9 Å². The summed E-state index contributed by atoms with van der Waals surface area (Å²) >= 11 is 0. The lowest BCUT2D eigenvalue weighted by molar-refractivity contribution is -0.192. The topological polar surface area (TPSA) is 73.7 Å². The molecule has 1 aromatic rings. The number of likely N-dealkylation sites (tertiary alicyclic amines) is 1. The summed E-state index contributed by atoms with van der Waals surface area (Å²) in [7, 11) is 3.73. The van der Waals surface area contributed by atoms with E-state index in [9.17, 15) is 18.0 Å². The van der Waals surface area contributed by atoms with Crippen molar-refractivity contribution in [3.05, 3.63) is 30.1 Å². The molecular weight excluding hydrogens is 411 g/mol. The van der Waals surface area contributed by atoms with E-state index in [1.807, 2.05) is 32.6 Å². The Morgan fingerprint density at radius 2 is 1.77 bits per heavy atom. The molecule has 1 spiro atoms. The van der Waals surface area contributed by atoms with Gasteiger partial charge in [-0.15, -0.1) is 0 Å². The molecule has 0 unspecified atom stereocenters. The summed E-state index contributed by atoms with van der Waals surface area (Å²) in [5.74, 6) is -1.85. The summed E-state index contributed by atoms with van der Waals surface area (Å²) in [6.07, 6.45) is 7.24. The highest BCUT2D eigenvalue weighted by Crippen LogP contribution is 2.47. The smallest absolute Gasteiger partial charge is 0.475 e. The van der Waals surface area contributed by atoms with Crippen LogP contribution in [-0.2, 0) is 16.1 Å². The molecule has 0 bridgehead atoms. The van der Waals surface area contributed by atoms with Gasteiger partial charge >= 0.3 is 12.1 Å². The SMILES string of the molecule is CN(C)C(=O)CC1CCC2(CC1)CCN(Cc1cccnc1)CC2.O=C(O)C(F)(F)F. The minimum absolute atomic E-state index is 0.294. The molecule has 2 aliphatic rings. The highest BCUT2D eigenvalue weighted by Gasteiger charge is 2.39. The van der Waals surface area contributed by atoms with Crippen LogP contribution in [0, 0.1) is 11.3 Å². The number of piperidine rings is 1. The third-order valence-electron chi connectivity index (χ3n) is 6.42. The molecular formula is C22H32F3N3O3. The van der Waals surface area contributed by atoms with Gasteiger partial charge in [-0.2, -0.15) is 13.2 Å². The van der Waals surface area contributed by atoms with Gasteiger partial charge in [0.15, 0.2) is 0 Å². The molecule has 1 amide bonds. The van der Waals surface area contributed by atoms with E-state index >= 15 is 0 Å². The van der Waals surface area contributed by atoms with Crippen LogP contribution in [0.4, 0.5) is 13.2 Å². The maximum atomic E-state index is 11.9. The molecule has 9 heteroatoms. The van der Waals surface area contributed by atoms with E-state index in [2.05, 4.69) is 16.0 Å². The molecule has 3 rings (SSSR count). The highest BCUT2D eigenvalue weighted by atomic mass is 19.4. The van der Waals surface area contributed by atoms with Gasteiger partial charge < -0.3 is 10.0 Å². The van der Waals surface area contributed by atoms with Crippen LogP contribution in [0.2, 0.25) is 0 Å². The number of hydrogen-bond acceptors (Lipinski definition) is 4. The third-order valence-corrected chi connectivity index (χ3v) is 6.42. The zero-order valence-corrected chi connectivity index (χ0v) is 18.2. The van der Waals surface area contributed by atoms with Crippen LogP contribution in [0.1, 0.15) is 50.5 Å². The Hall–Kier alpha value is -2.16. The second-order valence-corrected chi connectivity index (χ2v) is 8.88. The molecule has 0 aromatic carbocycles. The minimum Gasteiger partial charge on any atom is -0.475 e. The van der Waals surface area contributed by atoms with Gasteiger partial charge in [0.25, 0.3) is 0 Å². The fourth-order valence-electron chi connectivity index (χ4n) is 4.36. The second kappa shape index (κ2) is 10.9. The molecule has 6 nitrogen and oxygen atoms in total. The van der Waals surface area contributed by atoms with Crippen LogP contribution < -0.4 is 0 Å². The number of amides is 1. The van der Waals surface area contributed by atoms with Crippen molar-refractivity contribution in [3.8, 4) is 0 Å². The normalized spacial score (nSPS) is 19.4. The van der Waals surface area contributed by atoms with Crippen LogP contribution in [0.15, 0.2) is 24.5 Å². The van der Waals surface area contributed by atoms with Gasteiger partial charge in [0.2, 0.25) is 5.91 Å². The average Bonchev–Trinajstić information content (AvgIpc) is 2.72. The van der Waals surface area contributed by atoms with Gasteiger partial charge in [-0.1, -0.05) is 6.07 Å². The summed E-state index contributed by atoms with van der Waals surface area (Å²) < 4.78 is 31.7. The first kappa shape index (κ1) is 25.1. The van der Waals surface area contributed by atoms with Crippen molar-refractivity contribution in [1.29, 1.82) is 0 Å².